The second kappa shape index (κ2) is 7.96. The maximum absolute atomic E-state index is 12.0. The van der Waals surface area contributed by atoms with Crippen molar-refractivity contribution in [1.29, 1.82) is 0 Å². The lowest BCUT2D eigenvalue weighted by Gasteiger charge is -2.35. The quantitative estimate of drug-likeness (QED) is 0.813. The molecule has 0 bridgehead atoms. The van der Waals surface area contributed by atoms with Gasteiger partial charge in [0.1, 0.15) is 0 Å². The van der Waals surface area contributed by atoms with Gasteiger partial charge in [-0.3, -0.25) is 4.79 Å². The Bertz CT molecular complexity index is 305. The molecule has 1 N–H and O–H groups in total. The first-order valence-corrected chi connectivity index (χ1v) is 7.92. The average Bonchev–Trinajstić information content (AvgIpc) is 2.48. The summed E-state index contributed by atoms with van der Waals surface area (Å²) in [5.74, 6) is 0.242. The van der Waals surface area contributed by atoms with Gasteiger partial charge >= 0.3 is 0 Å². The van der Waals surface area contributed by atoms with Crippen LogP contribution >= 0.6 is 0 Å². The maximum atomic E-state index is 12.0. The Morgan fingerprint density at radius 1 is 1.30 bits per heavy atom. The van der Waals surface area contributed by atoms with Crippen LogP contribution in [-0.2, 0) is 9.53 Å². The van der Waals surface area contributed by atoms with Gasteiger partial charge in [-0.15, -0.1) is 0 Å². The molecule has 0 spiro atoms. The number of hydrogen-bond donors (Lipinski definition) is 1. The minimum Gasteiger partial charge on any atom is -0.391 e. The summed E-state index contributed by atoms with van der Waals surface area (Å²) >= 11 is 0. The number of rotatable bonds is 5. The van der Waals surface area contributed by atoms with Crippen molar-refractivity contribution in [2.75, 3.05) is 39.9 Å². The summed E-state index contributed by atoms with van der Waals surface area (Å²) < 4.78 is 5.25. The van der Waals surface area contributed by atoms with E-state index in [1.54, 1.807) is 0 Å². The SMILES string of the molecule is CN(CCCC(=O)N1CCOCC1)C1CCCCC1O. The third kappa shape index (κ3) is 4.43. The predicted octanol–water partition coefficient (Wildman–Crippen LogP) is 0.861. The minimum absolute atomic E-state index is 0.191. The van der Waals surface area contributed by atoms with E-state index in [4.69, 9.17) is 4.74 Å². The Balaban J connectivity index is 1.65. The Morgan fingerprint density at radius 2 is 2.00 bits per heavy atom. The molecule has 2 fully saturated rings. The van der Waals surface area contributed by atoms with Gasteiger partial charge in [-0.25, -0.2) is 0 Å². The fourth-order valence-corrected chi connectivity index (χ4v) is 3.22. The number of carbonyl (C=O) groups is 1. The molecule has 1 amide bonds. The van der Waals surface area contributed by atoms with E-state index in [-0.39, 0.29) is 18.1 Å². The van der Waals surface area contributed by atoms with Crippen LogP contribution in [0, 0.1) is 0 Å². The van der Waals surface area contributed by atoms with E-state index >= 15 is 0 Å². The van der Waals surface area contributed by atoms with Gasteiger partial charge in [-0.05, 0) is 32.9 Å². The number of amides is 1. The molecule has 116 valence electrons. The van der Waals surface area contributed by atoms with Crippen LogP contribution in [0.25, 0.3) is 0 Å². The van der Waals surface area contributed by atoms with Crippen molar-refractivity contribution in [3.63, 3.8) is 0 Å². The molecule has 1 saturated heterocycles. The van der Waals surface area contributed by atoms with E-state index in [2.05, 4.69) is 11.9 Å². The standard InChI is InChI=1S/C15H28N2O3/c1-16(13-5-2-3-6-14(13)18)8-4-7-15(19)17-9-11-20-12-10-17/h13-14,18H,2-12H2,1H3. The van der Waals surface area contributed by atoms with Crippen LogP contribution in [0.3, 0.4) is 0 Å². The highest BCUT2D eigenvalue weighted by Crippen LogP contribution is 2.22. The molecule has 1 aliphatic carbocycles. The molecule has 2 aliphatic rings. The Morgan fingerprint density at radius 3 is 2.70 bits per heavy atom. The number of aliphatic hydroxyl groups excluding tert-OH is 1. The molecule has 5 nitrogen and oxygen atoms in total. The van der Waals surface area contributed by atoms with Crippen molar-refractivity contribution in [3.8, 4) is 0 Å². The Labute approximate surface area is 121 Å². The van der Waals surface area contributed by atoms with Crippen molar-refractivity contribution in [3.05, 3.63) is 0 Å². The van der Waals surface area contributed by atoms with Crippen LogP contribution in [0.4, 0.5) is 0 Å². The summed E-state index contributed by atoms with van der Waals surface area (Å²) in [4.78, 5) is 16.2. The van der Waals surface area contributed by atoms with Gasteiger partial charge in [-0.1, -0.05) is 12.8 Å². The van der Waals surface area contributed by atoms with E-state index in [0.717, 1.165) is 45.3 Å². The molecule has 2 rings (SSSR count). The fourth-order valence-electron chi connectivity index (χ4n) is 3.22. The monoisotopic (exact) mass is 284 g/mol. The Hall–Kier alpha value is -0.650. The summed E-state index contributed by atoms with van der Waals surface area (Å²) in [6.07, 6.45) is 5.63. The van der Waals surface area contributed by atoms with Crippen LogP contribution in [0.15, 0.2) is 0 Å². The summed E-state index contributed by atoms with van der Waals surface area (Å²) in [5, 5.41) is 10.0. The van der Waals surface area contributed by atoms with Crippen LogP contribution < -0.4 is 0 Å². The molecular formula is C15H28N2O3. The second-order valence-corrected chi connectivity index (χ2v) is 6.00. The predicted molar refractivity (Wildman–Crippen MR) is 77.5 cm³/mol. The van der Waals surface area contributed by atoms with Crippen LogP contribution in [-0.4, -0.2) is 72.9 Å². The maximum Gasteiger partial charge on any atom is 0.222 e. The molecule has 20 heavy (non-hydrogen) atoms. The van der Waals surface area contributed by atoms with E-state index < -0.39 is 0 Å². The zero-order valence-electron chi connectivity index (χ0n) is 12.6. The van der Waals surface area contributed by atoms with Crippen LogP contribution in [0.5, 0.6) is 0 Å². The van der Waals surface area contributed by atoms with Crippen molar-refractivity contribution in [2.24, 2.45) is 0 Å². The number of ether oxygens (including phenoxy) is 1. The molecule has 0 aromatic carbocycles. The first-order valence-electron chi connectivity index (χ1n) is 7.92. The third-order valence-electron chi connectivity index (χ3n) is 4.53. The smallest absolute Gasteiger partial charge is 0.222 e. The zero-order chi connectivity index (χ0) is 14.4. The molecule has 0 radical (unpaired) electrons. The lowest BCUT2D eigenvalue weighted by Crippen LogP contribution is -2.44. The summed E-state index contributed by atoms with van der Waals surface area (Å²) in [6, 6.07) is 0.280. The molecule has 1 heterocycles. The first-order chi connectivity index (χ1) is 9.68. The first kappa shape index (κ1) is 15.7. The van der Waals surface area contributed by atoms with Gasteiger partial charge in [0.2, 0.25) is 5.91 Å². The number of likely N-dealkylation sites (N-methyl/N-ethyl adjacent to an activating group) is 1. The number of nitrogens with zero attached hydrogens (tertiary/aromatic N) is 2. The number of hydrogen-bond acceptors (Lipinski definition) is 4. The van der Waals surface area contributed by atoms with Crippen LogP contribution in [0.2, 0.25) is 0 Å². The van der Waals surface area contributed by atoms with Crippen molar-refractivity contribution >= 4 is 5.91 Å². The molecule has 2 atom stereocenters. The molecule has 2 unspecified atom stereocenters. The lowest BCUT2D eigenvalue weighted by molar-refractivity contribution is -0.135. The highest BCUT2D eigenvalue weighted by Gasteiger charge is 2.26. The van der Waals surface area contributed by atoms with Gasteiger partial charge in [-0.2, -0.15) is 0 Å². The van der Waals surface area contributed by atoms with E-state index in [1.807, 2.05) is 4.90 Å². The average molecular weight is 284 g/mol. The lowest BCUT2D eigenvalue weighted by atomic mass is 9.91. The number of aliphatic hydroxyl groups is 1. The van der Waals surface area contributed by atoms with Crippen molar-refractivity contribution in [2.45, 2.75) is 50.7 Å². The van der Waals surface area contributed by atoms with Gasteiger partial charge in [0, 0.05) is 25.6 Å². The van der Waals surface area contributed by atoms with E-state index in [1.165, 1.54) is 6.42 Å². The Kier molecular flexibility index (Phi) is 6.26. The van der Waals surface area contributed by atoms with E-state index in [9.17, 15) is 9.90 Å². The van der Waals surface area contributed by atoms with Gasteiger partial charge < -0.3 is 19.6 Å². The van der Waals surface area contributed by atoms with Gasteiger partial charge in [0.05, 0.1) is 19.3 Å². The molecule has 1 aliphatic heterocycles. The number of morpholine rings is 1. The molecule has 1 saturated carbocycles. The number of carbonyl (C=O) groups excluding carboxylic acids is 1. The zero-order valence-corrected chi connectivity index (χ0v) is 12.6. The molecule has 0 aromatic heterocycles. The highest BCUT2D eigenvalue weighted by molar-refractivity contribution is 5.76. The molecule has 0 aromatic rings. The molecule has 5 heteroatoms. The van der Waals surface area contributed by atoms with Gasteiger partial charge in [0.15, 0.2) is 0 Å². The summed E-state index contributed by atoms with van der Waals surface area (Å²) in [7, 11) is 2.07. The summed E-state index contributed by atoms with van der Waals surface area (Å²) in [5.41, 5.74) is 0. The van der Waals surface area contributed by atoms with E-state index in [0.29, 0.717) is 19.6 Å². The summed E-state index contributed by atoms with van der Waals surface area (Å²) in [6.45, 7) is 3.68. The minimum atomic E-state index is -0.191. The van der Waals surface area contributed by atoms with Gasteiger partial charge in [0.25, 0.3) is 0 Å². The molecular weight excluding hydrogens is 256 g/mol. The van der Waals surface area contributed by atoms with Crippen molar-refractivity contribution in [1.82, 2.24) is 9.80 Å². The highest BCUT2D eigenvalue weighted by atomic mass is 16.5. The third-order valence-corrected chi connectivity index (χ3v) is 4.53. The second-order valence-electron chi connectivity index (χ2n) is 6.00. The van der Waals surface area contributed by atoms with Crippen molar-refractivity contribution < 1.29 is 14.6 Å². The largest absolute Gasteiger partial charge is 0.391 e. The fraction of sp³-hybridized carbons (Fsp3) is 0.933. The normalized spacial score (nSPS) is 27.9. The van der Waals surface area contributed by atoms with Crippen LogP contribution in [0.1, 0.15) is 38.5 Å². The topological polar surface area (TPSA) is 53.0 Å².